The fourth-order valence-electron chi connectivity index (χ4n) is 2.47. The highest BCUT2D eigenvalue weighted by molar-refractivity contribution is 6.62. The van der Waals surface area contributed by atoms with E-state index in [-0.39, 0.29) is 22.4 Å². The number of hydrogen-bond acceptors (Lipinski definition) is 4. The highest BCUT2D eigenvalue weighted by atomic mass is 16.7. The molecule has 1 aromatic rings. The lowest BCUT2D eigenvalue weighted by Gasteiger charge is -2.32. The Kier molecular flexibility index (Phi) is 2.77. The van der Waals surface area contributed by atoms with Crippen LogP contribution in [-0.2, 0) is 14.7 Å². The van der Waals surface area contributed by atoms with E-state index in [2.05, 4.69) is 11.9 Å². The van der Waals surface area contributed by atoms with Crippen LogP contribution in [0.1, 0.15) is 53.2 Å². The van der Waals surface area contributed by atoms with Crippen molar-refractivity contribution in [2.24, 2.45) is 0 Å². The van der Waals surface area contributed by atoms with Gasteiger partial charge in [-0.05, 0) is 46.6 Å². The topological polar surface area (TPSA) is 51.6 Å². The minimum absolute atomic E-state index is 0.0541. The molecule has 2 aliphatic rings. The quantitative estimate of drug-likeness (QED) is 0.840. The molecule has 1 N–H and O–H groups in total. The number of nitrogens with zero attached hydrogens (tertiary/aromatic N) is 1. The Morgan fingerprint density at radius 3 is 2.10 bits per heavy atom. The lowest BCUT2D eigenvalue weighted by Crippen LogP contribution is -2.41. The summed E-state index contributed by atoms with van der Waals surface area (Å²) in [4.78, 5) is 4.44. The number of aromatic hydroxyl groups is 1. The molecular weight excluding hydrogens is 253 g/mol. The summed E-state index contributed by atoms with van der Waals surface area (Å²) in [5.74, 6) is 0.247. The molecule has 2 heterocycles. The van der Waals surface area contributed by atoms with Crippen molar-refractivity contribution in [3.63, 3.8) is 0 Å². The van der Waals surface area contributed by atoms with Gasteiger partial charge in [0.2, 0.25) is 0 Å². The highest BCUT2D eigenvalue weighted by Crippen LogP contribution is 2.49. The molecular formula is C15H22BNO3. The van der Waals surface area contributed by atoms with Crippen LogP contribution in [0.4, 0.5) is 0 Å². The molecule has 0 atom stereocenters. The number of hydrogen-bond donors (Lipinski definition) is 1. The van der Waals surface area contributed by atoms with Gasteiger partial charge in [0.15, 0.2) is 0 Å². The Balaban J connectivity index is 1.88. The highest BCUT2D eigenvalue weighted by Gasteiger charge is 2.52. The zero-order valence-electron chi connectivity index (χ0n) is 12.9. The summed E-state index contributed by atoms with van der Waals surface area (Å²) in [6.45, 7) is 10.2. The molecule has 0 radical (unpaired) electrons. The van der Waals surface area contributed by atoms with Crippen molar-refractivity contribution in [2.45, 2.75) is 64.1 Å². The number of aromatic nitrogens is 1. The first kappa shape index (κ1) is 13.9. The average Bonchev–Trinajstić information content (AvgIpc) is 3.01. The van der Waals surface area contributed by atoms with Crippen LogP contribution in [0.3, 0.4) is 0 Å². The minimum atomic E-state index is -0.473. The number of rotatable bonds is 2. The molecule has 0 spiro atoms. The van der Waals surface area contributed by atoms with E-state index in [1.54, 1.807) is 12.3 Å². The Hall–Kier alpha value is -1.07. The van der Waals surface area contributed by atoms with Gasteiger partial charge in [-0.25, -0.2) is 0 Å². The molecule has 1 aromatic heterocycles. The van der Waals surface area contributed by atoms with Gasteiger partial charge in [0.25, 0.3) is 0 Å². The smallest absolute Gasteiger partial charge is 0.496 e. The third kappa shape index (κ3) is 2.04. The van der Waals surface area contributed by atoms with Gasteiger partial charge in [-0.1, -0.05) is 6.92 Å². The van der Waals surface area contributed by atoms with Gasteiger partial charge in [0, 0.05) is 17.1 Å². The van der Waals surface area contributed by atoms with Crippen LogP contribution < -0.4 is 5.46 Å². The Morgan fingerprint density at radius 2 is 1.65 bits per heavy atom. The molecule has 1 aliphatic heterocycles. The molecule has 4 nitrogen and oxygen atoms in total. The fourth-order valence-corrected chi connectivity index (χ4v) is 2.47. The van der Waals surface area contributed by atoms with Crippen molar-refractivity contribution in [2.75, 3.05) is 0 Å². The van der Waals surface area contributed by atoms with E-state index in [0.29, 0.717) is 0 Å². The molecule has 1 saturated heterocycles. The monoisotopic (exact) mass is 275 g/mol. The van der Waals surface area contributed by atoms with E-state index in [0.717, 1.165) is 24.0 Å². The Labute approximate surface area is 120 Å². The molecule has 0 unspecified atom stereocenters. The maximum atomic E-state index is 10.2. The van der Waals surface area contributed by atoms with Crippen LogP contribution in [0.2, 0.25) is 0 Å². The van der Waals surface area contributed by atoms with E-state index < -0.39 is 7.12 Å². The lowest BCUT2D eigenvalue weighted by molar-refractivity contribution is 0.00578. The molecule has 1 saturated carbocycles. The summed E-state index contributed by atoms with van der Waals surface area (Å²) >= 11 is 0. The van der Waals surface area contributed by atoms with Crippen LogP contribution in [0.25, 0.3) is 0 Å². The van der Waals surface area contributed by atoms with E-state index >= 15 is 0 Å². The second kappa shape index (κ2) is 3.98. The average molecular weight is 275 g/mol. The molecule has 108 valence electrons. The summed E-state index contributed by atoms with van der Waals surface area (Å²) in [5.41, 5.74) is 0.855. The Bertz CT molecular complexity index is 536. The van der Waals surface area contributed by atoms with Crippen molar-refractivity contribution < 1.29 is 14.4 Å². The van der Waals surface area contributed by atoms with Crippen molar-refractivity contribution in [1.82, 2.24) is 4.98 Å². The second-order valence-electron chi connectivity index (χ2n) is 7.29. The zero-order valence-corrected chi connectivity index (χ0v) is 12.9. The third-order valence-corrected chi connectivity index (χ3v) is 4.99. The van der Waals surface area contributed by atoms with Crippen LogP contribution in [0.5, 0.6) is 5.75 Å². The fraction of sp³-hybridized carbons (Fsp3) is 0.667. The van der Waals surface area contributed by atoms with Gasteiger partial charge in [-0.3, -0.25) is 4.98 Å². The SMILES string of the molecule is CC1(c2ncc(B3OC(C)(C)C(C)(C)O3)cc2O)CC1. The zero-order chi connectivity index (χ0) is 14.8. The maximum Gasteiger partial charge on any atom is 0.496 e. The van der Waals surface area contributed by atoms with Crippen LogP contribution >= 0.6 is 0 Å². The van der Waals surface area contributed by atoms with E-state index in [4.69, 9.17) is 9.31 Å². The van der Waals surface area contributed by atoms with Crippen molar-refractivity contribution >= 4 is 12.6 Å². The summed E-state index contributed by atoms with van der Waals surface area (Å²) in [6.07, 6.45) is 3.94. The normalized spacial score (nSPS) is 25.8. The van der Waals surface area contributed by atoms with Crippen LogP contribution in [0, 0.1) is 0 Å². The van der Waals surface area contributed by atoms with Gasteiger partial charge in [0.1, 0.15) is 5.75 Å². The van der Waals surface area contributed by atoms with Gasteiger partial charge in [0.05, 0.1) is 16.9 Å². The molecule has 3 rings (SSSR count). The van der Waals surface area contributed by atoms with Gasteiger partial charge in [-0.2, -0.15) is 0 Å². The Morgan fingerprint density at radius 1 is 1.10 bits per heavy atom. The standard InChI is InChI=1S/C15H22BNO3/c1-13(2)14(3,4)20-16(19-13)10-8-11(18)12(17-9-10)15(5)6-7-15/h8-9,18H,6-7H2,1-5H3. The number of pyridine rings is 1. The van der Waals surface area contributed by atoms with E-state index in [1.165, 1.54) is 0 Å². The molecule has 20 heavy (non-hydrogen) atoms. The van der Waals surface area contributed by atoms with E-state index in [1.807, 2.05) is 27.7 Å². The van der Waals surface area contributed by atoms with Crippen LogP contribution in [0.15, 0.2) is 12.3 Å². The van der Waals surface area contributed by atoms with Crippen molar-refractivity contribution in [3.8, 4) is 5.75 Å². The summed E-state index contributed by atoms with van der Waals surface area (Å²) in [5, 5.41) is 10.2. The molecule has 5 heteroatoms. The molecule has 0 bridgehead atoms. The largest absolute Gasteiger partial charge is 0.506 e. The minimum Gasteiger partial charge on any atom is -0.506 e. The van der Waals surface area contributed by atoms with Crippen molar-refractivity contribution in [3.05, 3.63) is 18.0 Å². The first-order valence-corrected chi connectivity index (χ1v) is 7.20. The van der Waals surface area contributed by atoms with E-state index in [9.17, 15) is 5.11 Å². The maximum absolute atomic E-state index is 10.2. The van der Waals surface area contributed by atoms with Gasteiger partial charge >= 0.3 is 7.12 Å². The summed E-state index contributed by atoms with van der Waals surface area (Å²) in [7, 11) is -0.473. The molecule has 0 amide bonds. The van der Waals surface area contributed by atoms with Crippen molar-refractivity contribution in [1.29, 1.82) is 0 Å². The van der Waals surface area contributed by atoms with Gasteiger partial charge < -0.3 is 14.4 Å². The summed E-state index contributed by atoms with van der Waals surface area (Å²) in [6, 6.07) is 1.73. The second-order valence-corrected chi connectivity index (χ2v) is 7.29. The van der Waals surface area contributed by atoms with Crippen LogP contribution in [-0.4, -0.2) is 28.4 Å². The molecule has 0 aromatic carbocycles. The predicted octanol–water partition coefficient (Wildman–Crippen LogP) is 2.14. The molecule has 2 fully saturated rings. The first-order valence-electron chi connectivity index (χ1n) is 7.20. The molecule has 1 aliphatic carbocycles. The first-order chi connectivity index (χ1) is 9.15. The predicted molar refractivity (Wildman–Crippen MR) is 78.2 cm³/mol. The summed E-state index contributed by atoms with van der Waals surface area (Å²) < 4.78 is 11.9. The van der Waals surface area contributed by atoms with Gasteiger partial charge in [-0.15, -0.1) is 0 Å². The third-order valence-electron chi connectivity index (χ3n) is 4.99. The lowest BCUT2D eigenvalue weighted by atomic mass is 9.79.